The Morgan fingerprint density at radius 1 is 1.21 bits per heavy atom. The number of sulfonamides is 1. The van der Waals surface area contributed by atoms with E-state index in [1.165, 1.54) is 6.26 Å². The molecule has 1 aliphatic carbocycles. The summed E-state index contributed by atoms with van der Waals surface area (Å²) in [7, 11) is -3.37. The summed E-state index contributed by atoms with van der Waals surface area (Å²) in [4.78, 5) is 12.9. The molecule has 1 saturated carbocycles. The van der Waals surface area contributed by atoms with Gasteiger partial charge in [0.2, 0.25) is 10.0 Å². The summed E-state index contributed by atoms with van der Waals surface area (Å²) < 4.78 is 34.5. The Bertz CT molecular complexity index is 883. The van der Waals surface area contributed by atoms with Crippen LogP contribution in [0.4, 0.5) is 0 Å². The Morgan fingerprint density at radius 2 is 1.93 bits per heavy atom. The fourth-order valence-electron chi connectivity index (χ4n) is 4.55. The Morgan fingerprint density at radius 3 is 2.59 bits per heavy atom. The second kappa shape index (κ2) is 9.58. The molecule has 6 nitrogen and oxygen atoms in total. The van der Waals surface area contributed by atoms with Crippen LogP contribution in [0.15, 0.2) is 29.1 Å². The van der Waals surface area contributed by atoms with Gasteiger partial charge in [-0.15, -0.1) is 0 Å². The van der Waals surface area contributed by atoms with Crippen molar-refractivity contribution in [1.29, 1.82) is 0 Å². The van der Waals surface area contributed by atoms with E-state index in [4.69, 9.17) is 4.74 Å². The van der Waals surface area contributed by atoms with E-state index in [2.05, 4.69) is 23.8 Å². The first kappa shape index (κ1) is 22.2. The molecule has 0 aromatic carbocycles. The van der Waals surface area contributed by atoms with Crippen LogP contribution in [0.1, 0.15) is 62.7 Å². The third-order valence-electron chi connectivity index (χ3n) is 6.13. The maximum absolute atomic E-state index is 12.9. The average molecular weight is 423 g/mol. The van der Waals surface area contributed by atoms with Crippen LogP contribution in [0.25, 0.3) is 0 Å². The van der Waals surface area contributed by atoms with Gasteiger partial charge >= 0.3 is 0 Å². The Hall–Kier alpha value is -1.44. The Kier molecular flexibility index (Phi) is 7.35. The second-order valence-corrected chi connectivity index (χ2v) is 10.3. The SMILES string of the molecule is CC/C=C\C1CCC(OC[C@H]2[C@@H](NS(C)(=O)=O)CCc3ccc(C)c(=O)n32)CC1. The zero-order chi connectivity index (χ0) is 21.0. The van der Waals surface area contributed by atoms with E-state index in [1.807, 2.05) is 12.1 Å². The van der Waals surface area contributed by atoms with Crippen LogP contribution in [0, 0.1) is 12.8 Å². The van der Waals surface area contributed by atoms with Crippen molar-refractivity contribution < 1.29 is 13.2 Å². The number of allylic oxidation sites excluding steroid dienone is 2. The molecular weight excluding hydrogens is 388 g/mol. The minimum Gasteiger partial charge on any atom is -0.376 e. The number of nitrogens with zero attached hydrogens (tertiary/aromatic N) is 1. The number of pyridine rings is 1. The van der Waals surface area contributed by atoms with Crippen molar-refractivity contribution in [3.05, 3.63) is 45.9 Å². The van der Waals surface area contributed by atoms with Gasteiger partial charge in [-0.1, -0.05) is 25.1 Å². The zero-order valence-corrected chi connectivity index (χ0v) is 18.6. The van der Waals surface area contributed by atoms with Crippen LogP contribution in [0.2, 0.25) is 0 Å². The number of ether oxygens (including phenoxy) is 1. The third-order valence-corrected chi connectivity index (χ3v) is 6.86. The minimum atomic E-state index is -3.37. The first-order valence-corrected chi connectivity index (χ1v) is 12.6. The molecule has 162 valence electrons. The Balaban J connectivity index is 1.73. The average Bonchev–Trinajstić information content (AvgIpc) is 2.68. The lowest BCUT2D eigenvalue weighted by molar-refractivity contribution is -0.00355. The number of fused-ring (bicyclic) bond motifs is 1. The number of aromatic nitrogens is 1. The van der Waals surface area contributed by atoms with Crippen LogP contribution < -0.4 is 10.3 Å². The summed E-state index contributed by atoms with van der Waals surface area (Å²) in [5.41, 5.74) is 1.57. The lowest BCUT2D eigenvalue weighted by Crippen LogP contribution is -2.49. The molecule has 1 aromatic rings. The number of hydrogen-bond donors (Lipinski definition) is 1. The predicted molar refractivity (Wildman–Crippen MR) is 116 cm³/mol. The van der Waals surface area contributed by atoms with Crippen molar-refractivity contribution in [3.8, 4) is 0 Å². The molecule has 7 heteroatoms. The highest BCUT2D eigenvalue weighted by Gasteiger charge is 2.33. The number of hydrogen-bond acceptors (Lipinski definition) is 4. The minimum absolute atomic E-state index is 0.0514. The number of rotatable bonds is 7. The lowest BCUT2D eigenvalue weighted by Gasteiger charge is -2.37. The largest absolute Gasteiger partial charge is 0.376 e. The van der Waals surface area contributed by atoms with Crippen molar-refractivity contribution in [2.45, 2.75) is 77.0 Å². The summed E-state index contributed by atoms with van der Waals surface area (Å²) in [5.74, 6) is 0.634. The van der Waals surface area contributed by atoms with Crippen LogP contribution in [-0.2, 0) is 21.2 Å². The number of aryl methyl sites for hydroxylation is 2. The normalized spacial score (nSPS) is 27.8. The van der Waals surface area contributed by atoms with Gasteiger partial charge in [-0.2, -0.15) is 0 Å². The van der Waals surface area contributed by atoms with E-state index in [1.54, 1.807) is 11.5 Å². The van der Waals surface area contributed by atoms with Crippen LogP contribution in [0.5, 0.6) is 0 Å². The van der Waals surface area contributed by atoms with Crippen molar-refractivity contribution in [1.82, 2.24) is 9.29 Å². The van der Waals surface area contributed by atoms with Crippen LogP contribution in [0.3, 0.4) is 0 Å². The van der Waals surface area contributed by atoms with Crippen molar-refractivity contribution in [2.75, 3.05) is 12.9 Å². The molecule has 29 heavy (non-hydrogen) atoms. The second-order valence-electron chi connectivity index (χ2n) is 8.49. The predicted octanol–water partition coefficient (Wildman–Crippen LogP) is 3.10. The highest BCUT2D eigenvalue weighted by atomic mass is 32.2. The molecule has 1 aliphatic heterocycles. The molecule has 1 aromatic heterocycles. The maximum atomic E-state index is 12.9. The van der Waals surface area contributed by atoms with Crippen LogP contribution >= 0.6 is 0 Å². The molecule has 1 N–H and O–H groups in total. The van der Waals surface area contributed by atoms with E-state index < -0.39 is 10.0 Å². The highest BCUT2D eigenvalue weighted by Crippen LogP contribution is 2.30. The lowest BCUT2D eigenvalue weighted by atomic mass is 9.87. The van der Waals surface area contributed by atoms with E-state index in [-0.39, 0.29) is 23.7 Å². The van der Waals surface area contributed by atoms with Gasteiger partial charge in [0.25, 0.3) is 5.56 Å². The molecule has 0 bridgehead atoms. The highest BCUT2D eigenvalue weighted by molar-refractivity contribution is 7.88. The van der Waals surface area contributed by atoms with Gasteiger partial charge in [-0.05, 0) is 63.9 Å². The third kappa shape index (κ3) is 5.80. The summed E-state index contributed by atoms with van der Waals surface area (Å²) in [5, 5.41) is 0. The van der Waals surface area contributed by atoms with Gasteiger partial charge in [0.15, 0.2) is 0 Å². The molecule has 1 fully saturated rings. The molecule has 0 saturated heterocycles. The fraction of sp³-hybridized carbons (Fsp3) is 0.682. The monoisotopic (exact) mass is 422 g/mol. The maximum Gasteiger partial charge on any atom is 0.254 e. The molecule has 0 spiro atoms. The molecular formula is C22H34N2O4S. The van der Waals surface area contributed by atoms with E-state index in [9.17, 15) is 13.2 Å². The van der Waals surface area contributed by atoms with Gasteiger partial charge in [0.05, 0.1) is 25.0 Å². The summed E-state index contributed by atoms with van der Waals surface area (Å²) in [6, 6.07) is 3.17. The smallest absolute Gasteiger partial charge is 0.254 e. The standard InChI is InChI=1S/C22H34N2O4S/c1-4-5-6-17-8-12-19(13-9-17)28-15-21-20(23-29(3,26)27)14-11-18-10-7-16(2)22(25)24(18)21/h5-7,10,17,19-21,23H,4,8-9,11-15H2,1-3H3/b6-5-/t17?,19?,20-,21-/m0/s1. The van der Waals surface area contributed by atoms with E-state index >= 15 is 0 Å². The van der Waals surface area contributed by atoms with Gasteiger partial charge in [-0.3, -0.25) is 4.79 Å². The van der Waals surface area contributed by atoms with Gasteiger partial charge in [0.1, 0.15) is 0 Å². The zero-order valence-electron chi connectivity index (χ0n) is 17.8. The van der Waals surface area contributed by atoms with Gasteiger partial charge < -0.3 is 9.30 Å². The first-order valence-electron chi connectivity index (χ1n) is 10.7. The summed E-state index contributed by atoms with van der Waals surface area (Å²) in [6.45, 7) is 4.30. The number of nitrogens with one attached hydrogen (secondary N) is 1. The topological polar surface area (TPSA) is 77.4 Å². The van der Waals surface area contributed by atoms with Crippen molar-refractivity contribution in [2.24, 2.45) is 5.92 Å². The molecule has 0 radical (unpaired) electrons. The quantitative estimate of drug-likeness (QED) is 0.685. The Labute approximate surface area is 174 Å². The molecule has 2 heterocycles. The van der Waals surface area contributed by atoms with Gasteiger partial charge in [-0.25, -0.2) is 13.1 Å². The van der Waals surface area contributed by atoms with E-state index in [0.717, 1.165) is 37.8 Å². The van der Waals surface area contributed by atoms with Crippen LogP contribution in [-0.4, -0.2) is 38.0 Å². The summed E-state index contributed by atoms with van der Waals surface area (Å²) in [6.07, 6.45) is 12.6. The first-order chi connectivity index (χ1) is 13.8. The molecule has 0 unspecified atom stereocenters. The van der Waals surface area contributed by atoms with Gasteiger partial charge in [0, 0.05) is 17.3 Å². The molecule has 0 amide bonds. The van der Waals surface area contributed by atoms with E-state index in [0.29, 0.717) is 30.9 Å². The molecule has 3 rings (SSSR count). The summed E-state index contributed by atoms with van der Waals surface area (Å²) >= 11 is 0. The molecule has 2 aliphatic rings. The van der Waals surface area contributed by atoms with Crippen molar-refractivity contribution >= 4 is 10.0 Å². The fourth-order valence-corrected chi connectivity index (χ4v) is 5.38. The molecule has 2 atom stereocenters. The van der Waals surface area contributed by atoms with Crippen molar-refractivity contribution in [3.63, 3.8) is 0 Å².